The van der Waals surface area contributed by atoms with Crippen LogP contribution < -0.4 is 0 Å². The Kier molecular flexibility index (Phi) is 4.31. The monoisotopic (exact) mass is 169 g/mol. The number of carbonyl (C=O) groups excluding carboxylic acids is 1. The van der Waals surface area contributed by atoms with Crippen molar-refractivity contribution in [3.63, 3.8) is 0 Å². The van der Waals surface area contributed by atoms with E-state index in [-0.39, 0.29) is 6.54 Å². The highest BCUT2D eigenvalue weighted by atomic mass is 35.5. The van der Waals surface area contributed by atoms with Crippen molar-refractivity contribution >= 4 is 17.7 Å². The van der Waals surface area contributed by atoms with E-state index in [0.717, 1.165) is 11.5 Å². The predicted octanol–water partition coefficient (Wildman–Crippen LogP) is 0.583. The van der Waals surface area contributed by atoms with Crippen LogP contribution in [0.3, 0.4) is 0 Å². The van der Waals surface area contributed by atoms with Crippen LogP contribution in [-0.4, -0.2) is 37.3 Å². The van der Waals surface area contributed by atoms with Gasteiger partial charge in [-0.2, -0.15) is 0 Å². The Labute approximate surface area is 63.8 Å². The molecule has 0 saturated heterocycles. The molecule has 5 heteroatoms. The second-order valence-corrected chi connectivity index (χ2v) is 2.36. The maximum absolute atomic E-state index is 12.4. The fourth-order valence-corrected chi connectivity index (χ4v) is 0.544. The Balaban J connectivity index is 3.61. The van der Waals surface area contributed by atoms with E-state index in [1.165, 1.54) is 7.05 Å². The lowest BCUT2D eigenvalue weighted by Crippen LogP contribution is -2.27. The first-order chi connectivity index (χ1) is 4.57. The smallest absolute Gasteiger partial charge is 0.341 e. The Morgan fingerprint density at radius 1 is 1.90 bits per heavy atom. The average molecular weight is 170 g/mol. The zero-order valence-electron chi connectivity index (χ0n) is 5.80. The maximum atomic E-state index is 12.4. The second kappa shape index (κ2) is 4.46. The van der Waals surface area contributed by atoms with Crippen LogP contribution in [0, 0.1) is 0 Å². The Bertz CT molecular complexity index is 120. The molecule has 0 N–H and O–H groups in total. The van der Waals surface area contributed by atoms with Gasteiger partial charge in [0, 0.05) is 7.05 Å². The van der Waals surface area contributed by atoms with Crippen LogP contribution in [0.4, 0.5) is 4.39 Å². The Morgan fingerprint density at radius 3 is 2.70 bits per heavy atom. The van der Waals surface area contributed by atoms with Gasteiger partial charge in [0.25, 0.3) is 0 Å². The minimum Gasteiger partial charge on any atom is -0.467 e. The van der Waals surface area contributed by atoms with E-state index in [1.807, 2.05) is 0 Å². The highest BCUT2D eigenvalue weighted by molar-refractivity contribution is 6.13. The van der Waals surface area contributed by atoms with Crippen LogP contribution >= 0.6 is 11.8 Å². The van der Waals surface area contributed by atoms with E-state index in [2.05, 4.69) is 4.74 Å². The van der Waals surface area contributed by atoms with Gasteiger partial charge >= 0.3 is 5.97 Å². The summed E-state index contributed by atoms with van der Waals surface area (Å²) in [5.74, 6) is -0.896. The lowest BCUT2D eigenvalue weighted by molar-refractivity contribution is -0.146. The molecule has 0 aromatic rings. The quantitative estimate of drug-likeness (QED) is 0.457. The number of methoxy groups -OCH3 is 1. The first-order valence-corrected chi connectivity index (χ1v) is 3.00. The molecule has 0 aromatic carbocycles. The number of esters is 1. The van der Waals surface area contributed by atoms with Crippen molar-refractivity contribution in [2.24, 2.45) is 0 Å². The minimum atomic E-state index is -1.66. The number of halogens is 2. The molecular weight excluding hydrogens is 161 g/mol. The van der Waals surface area contributed by atoms with Crippen LogP contribution in [-0.2, 0) is 9.53 Å². The van der Waals surface area contributed by atoms with Gasteiger partial charge < -0.3 is 4.74 Å². The first-order valence-electron chi connectivity index (χ1n) is 2.66. The van der Waals surface area contributed by atoms with Gasteiger partial charge in [-0.1, -0.05) is 0 Å². The Hall–Kier alpha value is -0.350. The van der Waals surface area contributed by atoms with E-state index in [4.69, 9.17) is 11.8 Å². The Morgan fingerprint density at radius 2 is 2.40 bits per heavy atom. The normalized spacial score (nSPS) is 13.3. The molecule has 0 saturated carbocycles. The summed E-state index contributed by atoms with van der Waals surface area (Å²) in [7, 11) is 2.58. The largest absolute Gasteiger partial charge is 0.467 e. The lowest BCUT2D eigenvalue weighted by atomic mass is 10.4. The van der Waals surface area contributed by atoms with E-state index in [0.29, 0.717) is 0 Å². The van der Waals surface area contributed by atoms with Crippen LogP contribution in [0.1, 0.15) is 0 Å². The molecule has 60 valence electrons. The molecule has 3 nitrogen and oxygen atoms in total. The lowest BCUT2D eigenvalue weighted by Gasteiger charge is -2.08. The van der Waals surface area contributed by atoms with Crippen molar-refractivity contribution < 1.29 is 13.9 Å². The topological polar surface area (TPSA) is 29.5 Å². The molecule has 0 aliphatic heterocycles. The fourth-order valence-electron chi connectivity index (χ4n) is 0.423. The zero-order chi connectivity index (χ0) is 8.15. The van der Waals surface area contributed by atoms with Crippen molar-refractivity contribution in [1.82, 2.24) is 4.42 Å². The molecular formula is C5H9ClFNO2. The molecule has 10 heavy (non-hydrogen) atoms. The van der Waals surface area contributed by atoms with Gasteiger partial charge in [0.05, 0.1) is 13.7 Å². The van der Waals surface area contributed by atoms with Crippen molar-refractivity contribution in [3.8, 4) is 0 Å². The summed E-state index contributed by atoms with van der Waals surface area (Å²) < 4.78 is 17.6. The van der Waals surface area contributed by atoms with Crippen molar-refractivity contribution in [2.45, 2.75) is 6.17 Å². The van der Waals surface area contributed by atoms with Crippen LogP contribution in [0.15, 0.2) is 0 Å². The number of carbonyl (C=O) groups is 1. The predicted molar refractivity (Wildman–Crippen MR) is 35.4 cm³/mol. The number of hydrogen-bond donors (Lipinski definition) is 0. The molecule has 0 radical (unpaired) electrons. The summed E-state index contributed by atoms with van der Waals surface area (Å²) in [5.41, 5.74) is 0. The standard InChI is InChI=1S/C5H9ClFNO2/c1-8(6)3-4(7)5(9)10-2/h4H,3H2,1-2H3. The molecule has 0 fully saturated rings. The van der Waals surface area contributed by atoms with Gasteiger partial charge in [0.2, 0.25) is 6.17 Å². The van der Waals surface area contributed by atoms with Crippen LogP contribution in [0.25, 0.3) is 0 Å². The van der Waals surface area contributed by atoms with E-state index in [9.17, 15) is 9.18 Å². The minimum absolute atomic E-state index is 0.159. The summed E-state index contributed by atoms with van der Waals surface area (Å²) >= 11 is 5.26. The number of hydrogen-bond acceptors (Lipinski definition) is 3. The third kappa shape index (κ3) is 3.63. The van der Waals surface area contributed by atoms with Gasteiger partial charge in [0.1, 0.15) is 0 Å². The molecule has 0 amide bonds. The number of rotatable bonds is 3. The highest BCUT2D eigenvalue weighted by Crippen LogP contribution is 1.98. The summed E-state index contributed by atoms with van der Waals surface area (Å²) in [4.78, 5) is 10.4. The molecule has 1 atom stereocenters. The van der Waals surface area contributed by atoms with Crippen LogP contribution in [0.5, 0.6) is 0 Å². The molecule has 0 aromatic heterocycles. The number of nitrogens with zero attached hydrogens (tertiary/aromatic N) is 1. The molecule has 0 aliphatic carbocycles. The van der Waals surface area contributed by atoms with Gasteiger partial charge in [0.15, 0.2) is 0 Å². The van der Waals surface area contributed by atoms with E-state index < -0.39 is 12.1 Å². The number of alkyl halides is 1. The van der Waals surface area contributed by atoms with Crippen molar-refractivity contribution in [1.29, 1.82) is 0 Å². The van der Waals surface area contributed by atoms with Gasteiger partial charge in [-0.25, -0.2) is 13.6 Å². The second-order valence-electron chi connectivity index (χ2n) is 1.78. The number of ether oxygens (including phenoxy) is 1. The molecule has 1 unspecified atom stereocenters. The molecule has 0 aliphatic rings. The molecule has 0 bridgehead atoms. The van der Waals surface area contributed by atoms with Gasteiger partial charge in [-0.05, 0) is 11.8 Å². The van der Waals surface area contributed by atoms with Crippen molar-refractivity contribution in [2.75, 3.05) is 20.7 Å². The summed E-state index contributed by atoms with van der Waals surface area (Å²) in [5, 5.41) is 0. The summed E-state index contributed by atoms with van der Waals surface area (Å²) in [6.45, 7) is -0.159. The SMILES string of the molecule is COC(=O)C(F)CN(C)Cl. The maximum Gasteiger partial charge on any atom is 0.341 e. The molecule has 0 rings (SSSR count). The molecule has 0 heterocycles. The van der Waals surface area contributed by atoms with Gasteiger partial charge in [-0.3, -0.25) is 0 Å². The van der Waals surface area contributed by atoms with Crippen molar-refractivity contribution in [3.05, 3.63) is 0 Å². The average Bonchev–Trinajstić information content (AvgIpc) is 1.85. The third-order valence-corrected chi connectivity index (χ3v) is 1.01. The zero-order valence-corrected chi connectivity index (χ0v) is 6.56. The van der Waals surface area contributed by atoms with Crippen LogP contribution in [0.2, 0.25) is 0 Å². The highest BCUT2D eigenvalue weighted by Gasteiger charge is 2.18. The van der Waals surface area contributed by atoms with Gasteiger partial charge in [-0.15, -0.1) is 0 Å². The van der Waals surface area contributed by atoms with E-state index in [1.54, 1.807) is 0 Å². The summed E-state index contributed by atoms with van der Waals surface area (Å²) in [6, 6.07) is 0. The van der Waals surface area contributed by atoms with E-state index >= 15 is 0 Å². The third-order valence-electron chi connectivity index (χ3n) is 0.869. The summed E-state index contributed by atoms with van der Waals surface area (Å²) in [6.07, 6.45) is -1.66. The molecule has 0 spiro atoms. The fraction of sp³-hybridized carbons (Fsp3) is 0.800. The first kappa shape index (κ1) is 9.65.